The Morgan fingerprint density at radius 1 is 0.875 bits per heavy atom. The van der Waals surface area contributed by atoms with Crippen LogP contribution in [0.5, 0.6) is 0 Å². The number of carbonyl (C=O) groups is 2. The number of aryl methyl sites for hydroxylation is 1. The minimum atomic E-state index is -4.13. The molecule has 1 N–H and O–H groups in total. The van der Waals surface area contributed by atoms with Crippen molar-refractivity contribution < 1.29 is 22.4 Å². The third-order valence-corrected chi connectivity index (χ3v) is 8.68. The minimum Gasteiger partial charge on any atom is -0.352 e. The largest absolute Gasteiger partial charge is 0.352 e. The minimum absolute atomic E-state index is 0.0141. The van der Waals surface area contributed by atoms with E-state index in [9.17, 15) is 22.4 Å². The van der Waals surface area contributed by atoms with Gasteiger partial charge in [-0.15, -0.1) is 0 Å². The van der Waals surface area contributed by atoms with Gasteiger partial charge in [-0.2, -0.15) is 0 Å². The van der Waals surface area contributed by atoms with E-state index in [0.717, 1.165) is 9.87 Å². The van der Waals surface area contributed by atoms with Crippen molar-refractivity contribution in [2.24, 2.45) is 0 Å². The second-order valence-corrected chi connectivity index (χ2v) is 11.6. The van der Waals surface area contributed by atoms with Gasteiger partial charge in [-0.1, -0.05) is 69.3 Å². The molecular weight excluding hydrogens is 529 g/mol. The molecule has 2 atom stereocenters. The van der Waals surface area contributed by atoms with Crippen molar-refractivity contribution in [3.63, 3.8) is 0 Å². The monoisotopic (exact) mass is 567 g/mol. The summed E-state index contributed by atoms with van der Waals surface area (Å²) in [5.74, 6) is -1.28. The lowest BCUT2D eigenvalue weighted by atomic mass is 10.1. The summed E-state index contributed by atoms with van der Waals surface area (Å²) in [5, 5.41) is 2.95. The van der Waals surface area contributed by atoms with E-state index in [4.69, 9.17) is 0 Å². The maximum Gasteiger partial charge on any atom is 0.264 e. The Morgan fingerprint density at radius 2 is 1.50 bits per heavy atom. The molecule has 0 saturated heterocycles. The number of sulfonamides is 1. The van der Waals surface area contributed by atoms with Gasteiger partial charge in [-0.05, 0) is 67.6 Å². The normalized spacial score (nSPS) is 12.8. The van der Waals surface area contributed by atoms with Gasteiger partial charge in [0.2, 0.25) is 11.8 Å². The van der Waals surface area contributed by atoms with Crippen LogP contribution in [0.1, 0.15) is 51.7 Å². The quantitative estimate of drug-likeness (QED) is 0.304. The molecule has 0 heterocycles. The molecule has 9 heteroatoms. The number of halogens is 1. The van der Waals surface area contributed by atoms with Crippen LogP contribution in [-0.4, -0.2) is 43.8 Å². The topological polar surface area (TPSA) is 86.8 Å². The zero-order chi connectivity index (χ0) is 29.3. The molecule has 214 valence electrons. The smallest absolute Gasteiger partial charge is 0.264 e. The highest BCUT2D eigenvalue weighted by Gasteiger charge is 2.34. The van der Waals surface area contributed by atoms with Gasteiger partial charge in [0.15, 0.2) is 0 Å². The molecule has 3 rings (SSSR count). The molecule has 2 amide bonds. The first kappa shape index (κ1) is 30.8. The second-order valence-electron chi connectivity index (χ2n) is 9.70. The SMILES string of the molecule is CCc1ccccc1N(CC(=O)N(Cc1ccc(F)cc1)[C@H](CC)C(=O)N[C@@H](C)CC)S(=O)(=O)c1ccccc1. The van der Waals surface area contributed by atoms with E-state index in [0.29, 0.717) is 30.5 Å². The van der Waals surface area contributed by atoms with Crippen LogP contribution in [0.3, 0.4) is 0 Å². The Labute approximate surface area is 237 Å². The first-order chi connectivity index (χ1) is 19.1. The van der Waals surface area contributed by atoms with Crippen LogP contribution >= 0.6 is 0 Å². The Hall–Kier alpha value is -3.72. The van der Waals surface area contributed by atoms with E-state index in [1.807, 2.05) is 32.9 Å². The summed E-state index contributed by atoms with van der Waals surface area (Å²) in [7, 11) is -4.13. The predicted molar refractivity (Wildman–Crippen MR) is 156 cm³/mol. The molecule has 0 aliphatic rings. The van der Waals surface area contributed by atoms with Crippen LogP contribution < -0.4 is 9.62 Å². The Balaban J connectivity index is 2.08. The molecular formula is C31H38FN3O4S. The molecule has 0 unspecified atom stereocenters. The van der Waals surface area contributed by atoms with E-state index in [1.54, 1.807) is 49.4 Å². The summed E-state index contributed by atoms with van der Waals surface area (Å²) in [6.07, 6.45) is 1.58. The fourth-order valence-corrected chi connectivity index (χ4v) is 5.91. The molecule has 0 radical (unpaired) electrons. The van der Waals surface area contributed by atoms with Gasteiger partial charge >= 0.3 is 0 Å². The Kier molecular flexibility index (Phi) is 10.8. The number of para-hydroxylation sites is 1. The average molecular weight is 568 g/mol. The van der Waals surface area contributed by atoms with Gasteiger partial charge < -0.3 is 10.2 Å². The van der Waals surface area contributed by atoms with E-state index >= 15 is 0 Å². The van der Waals surface area contributed by atoms with Gasteiger partial charge in [0.1, 0.15) is 18.4 Å². The number of nitrogens with one attached hydrogen (secondary N) is 1. The summed E-state index contributed by atoms with van der Waals surface area (Å²) in [5.41, 5.74) is 1.79. The van der Waals surface area contributed by atoms with Crippen molar-refractivity contribution >= 4 is 27.5 Å². The third-order valence-electron chi connectivity index (χ3n) is 6.90. The van der Waals surface area contributed by atoms with Gasteiger partial charge in [-0.3, -0.25) is 13.9 Å². The molecule has 0 aliphatic carbocycles. The summed E-state index contributed by atoms with van der Waals surface area (Å²) in [4.78, 5) is 28.9. The summed E-state index contributed by atoms with van der Waals surface area (Å²) in [6, 6.07) is 19.8. The number of carbonyl (C=O) groups excluding carboxylic acids is 2. The highest BCUT2D eigenvalue weighted by atomic mass is 32.2. The summed E-state index contributed by atoms with van der Waals surface area (Å²) < 4.78 is 42.6. The van der Waals surface area contributed by atoms with Crippen LogP contribution in [0.4, 0.5) is 10.1 Å². The van der Waals surface area contributed by atoms with Crippen molar-refractivity contribution in [2.45, 2.75) is 70.5 Å². The van der Waals surface area contributed by atoms with E-state index in [-0.39, 0.29) is 23.4 Å². The van der Waals surface area contributed by atoms with E-state index in [2.05, 4.69) is 5.32 Å². The molecule has 0 aliphatic heterocycles. The van der Waals surface area contributed by atoms with Gasteiger partial charge in [0.25, 0.3) is 10.0 Å². The van der Waals surface area contributed by atoms with Gasteiger partial charge in [-0.25, -0.2) is 12.8 Å². The van der Waals surface area contributed by atoms with Crippen molar-refractivity contribution in [1.82, 2.24) is 10.2 Å². The van der Waals surface area contributed by atoms with Crippen LogP contribution in [0.15, 0.2) is 83.8 Å². The number of rotatable bonds is 13. The Morgan fingerprint density at radius 3 is 2.10 bits per heavy atom. The van der Waals surface area contributed by atoms with Gasteiger partial charge in [0.05, 0.1) is 10.6 Å². The molecule has 0 bridgehead atoms. The first-order valence-corrected chi connectivity index (χ1v) is 15.1. The van der Waals surface area contributed by atoms with E-state index < -0.39 is 34.3 Å². The Bertz CT molecular complexity index is 1380. The maximum atomic E-state index is 14.1. The molecule has 40 heavy (non-hydrogen) atoms. The number of amides is 2. The number of benzene rings is 3. The highest BCUT2D eigenvalue weighted by Crippen LogP contribution is 2.28. The number of anilines is 1. The lowest BCUT2D eigenvalue weighted by molar-refractivity contribution is -0.140. The van der Waals surface area contributed by atoms with Gasteiger partial charge in [0, 0.05) is 12.6 Å². The van der Waals surface area contributed by atoms with Crippen molar-refractivity contribution in [1.29, 1.82) is 0 Å². The molecule has 0 aromatic heterocycles. The maximum absolute atomic E-state index is 14.1. The predicted octanol–water partition coefficient (Wildman–Crippen LogP) is 5.31. The standard InChI is InChI=1S/C31H38FN3O4S/c1-5-23(4)33-31(37)28(7-3)34(21-24-17-19-26(32)20-18-24)30(36)22-35(29-16-12-11-13-25(29)6-2)40(38,39)27-14-9-8-10-15-27/h8-20,23,28H,5-7,21-22H2,1-4H3,(H,33,37)/t23-,28+/m0/s1. The molecule has 3 aromatic rings. The lowest BCUT2D eigenvalue weighted by Gasteiger charge is -2.34. The van der Waals surface area contributed by atoms with Crippen LogP contribution in [-0.2, 0) is 32.6 Å². The fraction of sp³-hybridized carbons (Fsp3) is 0.355. The molecule has 3 aromatic carbocycles. The molecule has 7 nitrogen and oxygen atoms in total. The number of hydrogen-bond donors (Lipinski definition) is 1. The summed E-state index contributed by atoms with van der Waals surface area (Å²) in [6.45, 7) is 7.05. The fourth-order valence-electron chi connectivity index (χ4n) is 4.43. The summed E-state index contributed by atoms with van der Waals surface area (Å²) >= 11 is 0. The van der Waals surface area contributed by atoms with Crippen LogP contribution in [0.2, 0.25) is 0 Å². The highest BCUT2D eigenvalue weighted by molar-refractivity contribution is 7.92. The second kappa shape index (κ2) is 14.1. The molecule has 0 fully saturated rings. The number of hydrogen-bond acceptors (Lipinski definition) is 4. The molecule has 0 saturated carbocycles. The zero-order valence-corrected chi connectivity index (χ0v) is 24.3. The van der Waals surface area contributed by atoms with Crippen LogP contribution in [0, 0.1) is 5.82 Å². The van der Waals surface area contributed by atoms with Crippen molar-refractivity contribution in [3.8, 4) is 0 Å². The van der Waals surface area contributed by atoms with Crippen molar-refractivity contribution in [2.75, 3.05) is 10.8 Å². The van der Waals surface area contributed by atoms with Crippen molar-refractivity contribution in [3.05, 3.63) is 95.8 Å². The first-order valence-electron chi connectivity index (χ1n) is 13.6. The molecule has 0 spiro atoms. The lowest BCUT2D eigenvalue weighted by Crippen LogP contribution is -2.53. The number of nitrogens with zero attached hydrogens (tertiary/aromatic N) is 2. The zero-order valence-electron chi connectivity index (χ0n) is 23.5. The van der Waals surface area contributed by atoms with E-state index in [1.165, 1.54) is 29.2 Å². The third kappa shape index (κ3) is 7.47. The average Bonchev–Trinajstić information content (AvgIpc) is 2.96. The van der Waals surface area contributed by atoms with Crippen LogP contribution in [0.25, 0.3) is 0 Å².